The van der Waals surface area contributed by atoms with Crippen LogP contribution in [-0.4, -0.2) is 24.4 Å². The summed E-state index contributed by atoms with van der Waals surface area (Å²) in [5.74, 6) is -0.699. The van der Waals surface area contributed by atoms with Gasteiger partial charge < -0.3 is 15.8 Å². The lowest BCUT2D eigenvalue weighted by atomic mass is 9.86. The van der Waals surface area contributed by atoms with E-state index in [2.05, 4.69) is 5.32 Å². The molecule has 2 rings (SSSR count). The molecule has 1 aromatic rings. The van der Waals surface area contributed by atoms with Crippen LogP contribution in [0.15, 0.2) is 11.4 Å². The molecule has 0 saturated heterocycles. The standard InChI is InChI=1S/C17H24N2O4S/c18-16(22)13-9-10-24-17(13)19-14(20)11-23-15(21)8-4-7-12-5-2-1-3-6-12/h9-10,12H,1-8,11H2,(H2,18,22)(H,19,20). The summed E-state index contributed by atoms with van der Waals surface area (Å²) >= 11 is 1.20. The van der Waals surface area contributed by atoms with E-state index < -0.39 is 11.8 Å². The van der Waals surface area contributed by atoms with Gasteiger partial charge in [-0.3, -0.25) is 14.4 Å². The molecule has 6 nitrogen and oxygen atoms in total. The number of esters is 1. The fourth-order valence-electron chi connectivity index (χ4n) is 2.99. The highest BCUT2D eigenvalue weighted by Crippen LogP contribution is 2.27. The highest BCUT2D eigenvalue weighted by Gasteiger charge is 2.16. The third-order valence-corrected chi connectivity index (χ3v) is 5.10. The molecule has 0 aliphatic heterocycles. The van der Waals surface area contributed by atoms with Crippen LogP contribution >= 0.6 is 11.3 Å². The summed E-state index contributed by atoms with van der Waals surface area (Å²) in [6, 6.07) is 1.54. The molecule has 0 spiro atoms. The topological polar surface area (TPSA) is 98.5 Å². The molecule has 0 radical (unpaired) electrons. The predicted molar refractivity (Wildman–Crippen MR) is 92.9 cm³/mol. The average molecular weight is 352 g/mol. The van der Waals surface area contributed by atoms with Crippen molar-refractivity contribution in [3.63, 3.8) is 0 Å². The second-order valence-corrected chi connectivity index (χ2v) is 7.05. The minimum atomic E-state index is -0.605. The number of thiophene rings is 1. The number of nitrogens with two attached hydrogens (primary N) is 1. The Labute approximate surface area is 145 Å². The van der Waals surface area contributed by atoms with Gasteiger partial charge in [0.15, 0.2) is 6.61 Å². The maximum Gasteiger partial charge on any atom is 0.306 e. The van der Waals surface area contributed by atoms with Gasteiger partial charge in [-0.1, -0.05) is 32.1 Å². The molecule has 24 heavy (non-hydrogen) atoms. The van der Waals surface area contributed by atoms with Gasteiger partial charge in [-0.25, -0.2) is 0 Å². The van der Waals surface area contributed by atoms with E-state index in [-0.39, 0.29) is 18.1 Å². The average Bonchev–Trinajstić information content (AvgIpc) is 3.02. The molecule has 0 bridgehead atoms. The molecule has 1 aliphatic carbocycles. The molecule has 2 amide bonds. The number of carbonyl (C=O) groups is 3. The Morgan fingerprint density at radius 2 is 2.00 bits per heavy atom. The molecule has 1 fully saturated rings. The van der Waals surface area contributed by atoms with Crippen molar-refractivity contribution in [2.75, 3.05) is 11.9 Å². The first-order valence-corrected chi connectivity index (χ1v) is 9.27. The lowest BCUT2D eigenvalue weighted by molar-refractivity contribution is -0.147. The van der Waals surface area contributed by atoms with Gasteiger partial charge >= 0.3 is 5.97 Å². The molecule has 1 heterocycles. The Hall–Kier alpha value is -1.89. The molecule has 3 N–H and O–H groups in total. The summed E-state index contributed by atoms with van der Waals surface area (Å²) < 4.78 is 4.98. The summed E-state index contributed by atoms with van der Waals surface area (Å²) in [4.78, 5) is 34.6. The highest BCUT2D eigenvalue weighted by molar-refractivity contribution is 7.14. The summed E-state index contributed by atoms with van der Waals surface area (Å²) in [7, 11) is 0. The van der Waals surface area contributed by atoms with Crippen molar-refractivity contribution in [2.24, 2.45) is 11.7 Å². The predicted octanol–water partition coefficient (Wildman–Crippen LogP) is 3.08. The van der Waals surface area contributed by atoms with E-state index in [1.54, 1.807) is 11.4 Å². The van der Waals surface area contributed by atoms with Crippen LogP contribution in [0.3, 0.4) is 0 Å². The fraction of sp³-hybridized carbons (Fsp3) is 0.588. The molecule has 7 heteroatoms. The zero-order valence-electron chi connectivity index (χ0n) is 13.7. The Morgan fingerprint density at radius 3 is 2.71 bits per heavy atom. The van der Waals surface area contributed by atoms with Gasteiger partial charge in [-0.2, -0.15) is 0 Å². The van der Waals surface area contributed by atoms with E-state index in [0.717, 1.165) is 18.8 Å². The lowest BCUT2D eigenvalue weighted by Gasteiger charge is -2.20. The number of hydrogen-bond acceptors (Lipinski definition) is 5. The molecule has 0 unspecified atom stereocenters. The molecule has 132 valence electrons. The molecule has 1 aliphatic rings. The first kappa shape index (κ1) is 18.4. The van der Waals surface area contributed by atoms with E-state index in [9.17, 15) is 14.4 Å². The number of anilines is 1. The Bertz CT molecular complexity index is 579. The summed E-state index contributed by atoms with van der Waals surface area (Å²) in [6.07, 6.45) is 8.66. The van der Waals surface area contributed by atoms with Crippen LogP contribution in [0.2, 0.25) is 0 Å². The van der Waals surface area contributed by atoms with E-state index in [0.29, 0.717) is 11.4 Å². The van der Waals surface area contributed by atoms with Crippen LogP contribution < -0.4 is 11.1 Å². The van der Waals surface area contributed by atoms with E-state index in [1.165, 1.54) is 43.4 Å². The molecule has 1 saturated carbocycles. The number of rotatable bonds is 8. The number of hydrogen-bond donors (Lipinski definition) is 2. The van der Waals surface area contributed by atoms with Crippen molar-refractivity contribution >= 4 is 34.1 Å². The van der Waals surface area contributed by atoms with Crippen molar-refractivity contribution < 1.29 is 19.1 Å². The second kappa shape index (κ2) is 9.42. The maximum atomic E-state index is 11.8. The van der Waals surface area contributed by atoms with E-state index in [1.807, 2.05) is 0 Å². The molecule has 0 aromatic carbocycles. The van der Waals surface area contributed by atoms with Gasteiger partial charge in [0, 0.05) is 6.42 Å². The fourth-order valence-corrected chi connectivity index (χ4v) is 3.80. The van der Waals surface area contributed by atoms with Crippen LogP contribution in [-0.2, 0) is 14.3 Å². The van der Waals surface area contributed by atoms with E-state index >= 15 is 0 Å². The zero-order chi connectivity index (χ0) is 17.4. The van der Waals surface area contributed by atoms with Crippen LogP contribution in [0.1, 0.15) is 61.7 Å². The monoisotopic (exact) mass is 352 g/mol. The lowest BCUT2D eigenvalue weighted by Crippen LogP contribution is -2.22. The largest absolute Gasteiger partial charge is 0.456 e. The second-order valence-electron chi connectivity index (χ2n) is 6.13. The first-order valence-electron chi connectivity index (χ1n) is 8.39. The SMILES string of the molecule is NC(=O)c1ccsc1NC(=O)COC(=O)CCCC1CCCCC1. The maximum absolute atomic E-state index is 11.8. The zero-order valence-corrected chi connectivity index (χ0v) is 14.5. The van der Waals surface area contributed by atoms with Gasteiger partial charge in [0.05, 0.1) is 5.56 Å². The molecule has 1 aromatic heterocycles. The number of carbonyl (C=O) groups excluding carboxylic acids is 3. The van der Waals surface area contributed by atoms with Crippen molar-refractivity contribution in [3.05, 3.63) is 17.0 Å². The molecular formula is C17H24N2O4S. The van der Waals surface area contributed by atoms with Gasteiger partial charge in [0.25, 0.3) is 11.8 Å². The van der Waals surface area contributed by atoms with Gasteiger partial charge in [-0.15, -0.1) is 11.3 Å². The number of nitrogens with one attached hydrogen (secondary N) is 1. The Balaban J connectivity index is 1.63. The quantitative estimate of drug-likeness (QED) is 0.702. The van der Waals surface area contributed by atoms with Crippen LogP contribution in [0.5, 0.6) is 0 Å². The van der Waals surface area contributed by atoms with Crippen LogP contribution in [0.25, 0.3) is 0 Å². The third-order valence-electron chi connectivity index (χ3n) is 4.27. The number of primary amides is 1. The van der Waals surface area contributed by atoms with Crippen LogP contribution in [0.4, 0.5) is 5.00 Å². The smallest absolute Gasteiger partial charge is 0.306 e. The third kappa shape index (κ3) is 5.96. The van der Waals surface area contributed by atoms with Gasteiger partial charge in [0.2, 0.25) is 0 Å². The molecule has 0 atom stereocenters. The normalized spacial score (nSPS) is 15.0. The summed E-state index contributed by atoms with van der Waals surface area (Å²) in [5, 5.41) is 4.57. The first-order chi connectivity index (χ1) is 11.6. The highest BCUT2D eigenvalue weighted by atomic mass is 32.1. The van der Waals surface area contributed by atoms with Gasteiger partial charge in [0.1, 0.15) is 5.00 Å². The van der Waals surface area contributed by atoms with Crippen molar-refractivity contribution in [1.29, 1.82) is 0 Å². The summed E-state index contributed by atoms with van der Waals surface area (Å²) in [6.45, 7) is -0.349. The van der Waals surface area contributed by atoms with Crippen molar-refractivity contribution in [2.45, 2.75) is 51.4 Å². The number of amides is 2. The Morgan fingerprint density at radius 1 is 1.25 bits per heavy atom. The van der Waals surface area contributed by atoms with Crippen molar-refractivity contribution in [3.8, 4) is 0 Å². The van der Waals surface area contributed by atoms with Gasteiger partial charge in [-0.05, 0) is 30.2 Å². The minimum absolute atomic E-state index is 0.257. The number of ether oxygens (including phenoxy) is 1. The van der Waals surface area contributed by atoms with Crippen LogP contribution in [0, 0.1) is 5.92 Å². The summed E-state index contributed by atoms with van der Waals surface area (Å²) in [5.41, 5.74) is 5.46. The Kier molecular flexibility index (Phi) is 7.24. The van der Waals surface area contributed by atoms with E-state index in [4.69, 9.17) is 10.5 Å². The minimum Gasteiger partial charge on any atom is -0.456 e. The molecular weight excluding hydrogens is 328 g/mol. The van der Waals surface area contributed by atoms with Crippen molar-refractivity contribution in [1.82, 2.24) is 0 Å².